The van der Waals surface area contributed by atoms with Crippen molar-refractivity contribution in [2.45, 2.75) is 32.0 Å². The summed E-state index contributed by atoms with van der Waals surface area (Å²) in [6, 6.07) is 3.00. The minimum absolute atomic E-state index is 0.102. The Morgan fingerprint density at radius 3 is 3.00 bits per heavy atom. The van der Waals surface area contributed by atoms with Gasteiger partial charge in [0, 0.05) is 38.4 Å². The molecule has 0 spiro atoms. The first kappa shape index (κ1) is 17.5. The standard InChI is InChI=1S/C15H19F3N2O3/c16-15(17,18)10-23-14-7-11(3-4-19-14)8-20-13(21)6-12-2-1-5-22-9-12/h3-4,7,12H,1-2,5-6,8-10H2,(H,20,21). The monoisotopic (exact) mass is 332 g/mol. The third kappa shape index (κ3) is 6.85. The summed E-state index contributed by atoms with van der Waals surface area (Å²) in [6.07, 6.45) is -0.737. The van der Waals surface area contributed by atoms with E-state index in [1.165, 1.54) is 12.3 Å². The lowest BCUT2D eigenvalue weighted by Crippen LogP contribution is -2.28. The minimum atomic E-state index is -4.41. The normalized spacial score (nSPS) is 18.5. The zero-order valence-corrected chi connectivity index (χ0v) is 12.6. The highest BCUT2D eigenvalue weighted by atomic mass is 19.4. The van der Waals surface area contributed by atoms with Gasteiger partial charge in [-0.05, 0) is 30.4 Å². The summed E-state index contributed by atoms with van der Waals surface area (Å²) in [4.78, 5) is 15.6. The number of hydrogen-bond acceptors (Lipinski definition) is 4. The van der Waals surface area contributed by atoms with Gasteiger partial charge in [0.1, 0.15) is 0 Å². The molecule has 128 valence electrons. The van der Waals surface area contributed by atoms with Crippen LogP contribution in [0.2, 0.25) is 0 Å². The van der Waals surface area contributed by atoms with Crippen LogP contribution in [-0.2, 0) is 16.1 Å². The van der Waals surface area contributed by atoms with Gasteiger partial charge in [0.25, 0.3) is 0 Å². The second kappa shape index (κ2) is 8.14. The molecule has 0 aliphatic carbocycles. The molecular weight excluding hydrogens is 313 g/mol. The maximum absolute atomic E-state index is 12.1. The van der Waals surface area contributed by atoms with E-state index in [1.54, 1.807) is 6.07 Å². The molecule has 1 fully saturated rings. The van der Waals surface area contributed by atoms with Crippen molar-refractivity contribution >= 4 is 5.91 Å². The fourth-order valence-corrected chi connectivity index (χ4v) is 2.30. The van der Waals surface area contributed by atoms with Crippen LogP contribution in [0.3, 0.4) is 0 Å². The third-order valence-corrected chi connectivity index (χ3v) is 3.40. The summed E-state index contributed by atoms with van der Waals surface area (Å²) in [5.41, 5.74) is 0.630. The van der Waals surface area contributed by atoms with Gasteiger partial charge in [-0.25, -0.2) is 4.98 Å². The van der Waals surface area contributed by atoms with Gasteiger partial charge < -0.3 is 14.8 Å². The Hall–Kier alpha value is -1.83. The van der Waals surface area contributed by atoms with Crippen LogP contribution in [0.1, 0.15) is 24.8 Å². The summed E-state index contributed by atoms with van der Waals surface area (Å²) >= 11 is 0. The summed E-state index contributed by atoms with van der Waals surface area (Å²) < 4.78 is 46.2. The van der Waals surface area contributed by atoms with Crippen molar-refractivity contribution in [3.63, 3.8) is 0 Å². The van der Waals surface area contributed by atoms with Gasteiger partial charge in [0.2, 0.25) is 11.8 Å². The van der Waals surface area contributed by atoms with Crippen LogP contribution in [0.4, 0.5) is 13.2 Å². The van der Waals surface area contributed by atoms with Crippen LogP contribution < -0.4 is 10.1 Å². The molecule has 1 aliphatic rings. The Balaban J connectivity index is 1.77. The molecule has 1 N–H and O–H groups in total. The fourth-order valence-electron chi connectivity index (χ4n) is 2.30. The van der Waals surface area contributed by atoms with Crippen LogP contribution >= 0.6 is 0 Å². The van der Waals surface area contributed by atoms with Crippen molar-refractivity contribution in [3.8, 4) is 5.88 Å². The van der Waals surface area contributed by atoms with E-state index in [-0.39, 0.29) is 24.2 Å². The second-order valence-corrected chi connectivity index (χ2v) is 5.47. The highest BCUT2D eigenvalue weighted by molar-refractivity contribution is 5.76. The minimum Gasteiger partial charge on any atom is -0.468 e. The van der Waals surface area contributed by atoms with E-state index in [4.69, 9.17) is 4.74 Å². The zero-order valence-electron chi connectivity index (χ0n) is 12.6. The maximum atomic E-state index is 12.1. The first-order valence-corrected chi connectivity index (χ1v) is 7.41. The lowest BCUT2D eigenvalue weighted by molar-refractivity contribution is -0.154. The SMILES string of the molecule is O=C(CC1CCCOC1)NCc1ccnc(OCC(F)(F)F)c1. The molecule has 1 aromatic heterocycles. The molecular formula is C15H19F3N2O3. The van der Waals surface area contributed by atoms with Gasteiger partial charge in [-0.1, -0.05) is 0 Å². The predicted octanol–water partition coefficient (Wildman–Crippen LogP) is 2.46. The van der Waals surface area contributed by atoms with Crippen LogP contribution in [0.5, 0.6) is 5.88 Å². The van der Waals surface area contributed by atoms with Crippen molar-refractivity contribution in [3.05, 3.63) is 23.9 Å². The number of nitrogens with one attached hydrogen (secondary N) is 1. The maximum Gasteiger partial charge on any atom is 0.422 e. The topological polar surface area (TPSA) is 60.5 Å². The van der Waals surface area contributed by atoms with Crippen molar-refractivity contribution in [2.75, 3.05) is 19.8 Å². The molecule has 1 aromatic rings. The molecule has 5 nitrogen and oxygen atoms in total. The van der Waals surface area contributed by atoms with Gasteiger partial charge in [0.15, 0.2) is 6.61 Å². The second-order valence-electron chi connectivity index (χ2n) is 5.47. The number of nitrogens with zero attached hydrogens (tertiary/aromatic N) is 1. The average molecular weight is 332 g/mol. The van der Waals surface area contributed by atoms with Gasteiger partial charge in [-0.15, -0.1) is 0 Å². The number of hydrogen-bond donors (Lipinski definition) is 1. The van der Waals surface area contributed by atoms with Crippen LogP contribution in [-0.4, -0.2) is 36.9 Å². The largest absolute Gasteiger partial charge is 0.468 e. The van der Waals surface area contributed by atoms with E-state index in [1.807, 2.05) is 0 Å². The Morgan fingerprint density at radius 1 is 1.48 bits per heavy atom. The molecule has 1 atom stereocenters. The zero-order chi connectivity index (χ0) is 16.7. The molecule has 23 heavy (non-hydrogen) atoms. The summed E-state index contributed by atoms with van der Waals surface area (Å²) in [7, 11) is 0. The van der Waals surface area contributed by atoms with E-state index in [0.29, 0.717) is 18.6 Å². The van der Waals surface area contributed by atoms with E-state index < -0.39 is 12.8 Å². The van der Waals surface area contributed by atoms with Gasteiger partial charge >= 0.3 is 6.18 Å². The van der Waals surface area contributed by atoms with E-state index in [9.17, 15) is 18.0 Å². The van der Waals surface area contributed by atoms with Gasteiger partial charge in [0.05, 0.1) is 0 Å². The molecule has 2 rings (SSSR count). The van der Waals surface area contributed by atoms with Gasteiger partial charge in [-0.3, -0.25) is 4.79 Å². The van der Waals surface area contributed by atoms with Gasteiger partial charge in [-0.2, -0.15) is 13.2 Å². The van der Waals surface area contributed by atoms with E-state index in [2.05, 4.69) is 15.0 Å². The van der Waals surface area contributed by atoms with Crippen molar-refractivity contribution in [2.24, 2.45) is 5.92 Å². The van der Waals surface area contributed by atoms with Crippen molar-refractivity contribution in [1.82, 2.24) is 10.3 Å². The van der Waals surface area contributed by atoms with E-state index in [0.717, 1.165) is 19.4 Å². The molecule has 0 radical (unpaired) electrons. The number of rotatable bonds is 6. The predicted molar refractivity (Wildman–Crippen MR) is 75.8 cm³/mol. The first-order chi connectivity index (χ1) is 10.9. The Morgan fingerprint density at radius 2 is 2.30 bits per heavy atom. The quantitative estimate of drug-likeness (QED) is 0.869. The average Bonchev–Trinajstić information content (AvgIpc) is 2.52. The smallest absolute Gasteiger partial charge is 0.422 e. The van der Waals surface area contributed by atoms with E-state index >= 15 is 0 Å². The lowest BCUT2D eigenvalue weighted by Gasteiger charge is -2.21. The summed E-state index contributed by atoms with van der Waals surface area (Å²) in [6.45, 7) is 0.169. The molecule has 1 amide bonds. The van der Waals surface area contributed by atoms with Crippen molar-refractivity contribution < 1.29 is 27.4 Å². The number of aromatic nitrogens is 1. The van der Waals surface area contributed by atoms with Crippen LogP contribution in [0.15, 0.2) is 18.3 Å². The molecule has 1 saturated heterocycles. The van der Waals surface area contributed by atoms with Crippen LogP contribution in [0, 0.1) is 5.92 Å². The number of carbonyl (C=O) groups is 1. The number of carbonyl (C=O) groups excluding carboxylic acids is 1. The molecule has 2 heterocycles. The lowest BCUT2D eigenvalue weighted by atomic mass is 9.98. The Kier molecular flexibility index (Phi) is 6.20. The molecule has 1 unspecified atom stereocenters. The number of ether oxygens (including phenoxy) is 2. The number of amides is 1. The number of alkyl halides is 3. The molecule has 8 heteroatoms. The Bertz CT molecular complexity index is 517. The summed E-state index contributed by atoms with van der Waals surface area (Å²) in [5, 5.41) is 2.75. The molecule has 1 aliphatic heterocycles. The molecule has 0 bridgehead atoms. The molecule has 0 aromatic carbocycles. The van der Waals surface area contributed by atoms with Crippen molar-refractivity contribution in [1.29, 1.82) is 0 Å². The highest BCUT2D eigenvalue weighted by Crippen LogP contribution is 2.18. The fraction of sp³-hybridized carbons (Fsp3) is 0.600. The Labute approximate surface area is 132 Å². The number of halogens is 3. The highest BCUT2D eigenvalue weighted by Gasteiger charge is 2.28. The van der Waals surface area contributed by atoms with Crippen LogP contribution in [0.25, 0.3) is 0 Å². The first-order valence-electron chi connectivity index (χ1n) is 7.41. The molecule has 0 saturated carbocycles. The third-order valence-electron chi connectivity index (χ3n) is 3.40. The number of pyridine rings is 1. The summed E-state index contributed by atoms with van der Waals surface area (Å²) in [5.74, 6) is 0.0108.